The third-order valence-corrected chi connectivity index (χ3v) is 3.74. The molecule has 0 fully saturated rings. The Hall–Kier alpha value is -3.15. The summed E-state index contributed by atoms with van der Waals surface area (Å²) in [4.78, 5) is 36.7. The predicted octanol–water partition coefficient (Wildman–Crippen LogP) is 2.07. The van der Waals surface area contributed by atoms with Crippen molar-refractivity contribution in [2.24, 2.45) is 0 Å². The molecule has 0 radical (unpaired) electrons. The lowest BCUT2D eigenvalue weighted by Gasteiger charge is -2.14. The molecule has 0 bridgehead atoms. The highest BCUT2D eigenvalue weighted by Gasteiger charge is 2.29. The zero-order chi connectivity index (χ0) is 17.1. The molecule has 1 atom stereocenters. The van der Waals surface area contributed by atoms with Crippen LogP contribution in [-0.2, 0) is 9.59 Å². The average molecular weight is 323 g/mol. The SMILES string of the molecule is Cc1cccc(NC(=O)CC2NC(=O)c3ccccc3NC2=O)c1. The molecule has 1 aliphatic rings. The van der Waals surface area contributed by atoms with E-state index in [9.17, 15) is 14.4 Å². The Kier molecular flexibility index (Phi) is 4.29. The van der Waals surface area contributed by atoms with E-state index in [0.717, 1.165) is 5.56 Å². The first-order valence-corrected chi connectivity index (χ1v) is 7.60. The van der Waals surface area contributed by atoms with E-state index in [-0.39, 0.29) is 18.2 Å². The second-order valence-corrected chi connectivity index (χ2v) is 5.68. The number of anilines is 2. The first-order valence-electron chi connectivity index (χ1n) is 7.60. The fourth-order valence-electron chi connectivity index (χ4n) is 2.58. The maximum absolute atomic E-state index is 12.3. The van der Waals surface area contributed by atoms with Crippen molar-refractivity contribution in [1.29, 1.82) is 0 Å². The lowest BCUT2D eigenvalue weighted by molar-refractivity contribution is -0.122. The molecular weight excluding hydrogens is 306 g/mol. The normalized spacial score (nSPS) is 16.5. The molecular formula is C18H17N3O3. The lowest BCUT2D eigenvalue weighted by atomic mass is 10.1. The number of fused-ring (bicyclic) bond motifs is 1. The fourth-order valence-corrected chi connectivity index (χ4v) is 2.58. The topological polar surface area (TPSA) is 87.3 Å². The number of carbonyl (C=O) groups is 3. The number of para-hydroxylation sites is 1. The molecule has 0 spiro atoms. The third-order valence-electron chi connectivity index (χ3n) is 3.74. The monoisotopic (exact) mass is 323 g/mol. The molecule has 3 amide bonds. The van der Waals surface area contributed by atoms with E-state index in [1.165, 1.54) is 0 Å². The van der Waals surface area contributed by atoms with Crippen molar-refractivity contribution in [3.05, 3.63) is 59.7 Å². The van der Waals surface area contributed by atoms with E-state index in [2.05, 4.69) is 16.0 Å². The van der Waals surface area contributed by atoms with Crippen LogP contribution < -0.4 is 16.0 Å². The summed E-state index contributed by atoms with van der Waals surface area (Å²) in [5.74, 6) is -1.13. The highest BCUT2D eigenvalue weighted by molar-refractivity contribution is 6.11. The lowest BCUT2D eigenvalue weighted by Crippen LogP contribution is -2.43. The van der Waals surface area contributed by atoms with Crippen LogP contribution in [0.5, 0.6) is 0 Å². The summed E-state index contributed by atoms with van der Waals surface area (Å²) in [6.45, 7) is 1.92. The molecule has 3 N–H and O–H groups in total. The van der Waals surface area contributed by atoms with E-state index in [1.54, 1.807) is 30.3 Å². The molecule has 0 aromatic heterocycles. The molecule has 24 heavy (non-hydrogen) atoms. The third kappa shape index (κ3) is 3.43. The van der Waals surface area contributed by atoms with E-state index in [0.29, 0.717) is 16.9 Å². The summed E-state index contributed by atoms with van der Waals surface area (Å²) in [6, 6.07) is 13.2. The van der Waals surface area contributed by atoms with Crippen molar-refractivity contribution in [3.63, 3.8) is 0 Å². The molecule has 1 aliphatic heterocycles. The zero-order valence-corrected chi connectivity index (χ0v) is 13.1. The van der Waals surface area contributed by atoms with Gasteiger partial charge in [0.1, 0.15) is 6.04 Å². The van der Waals surface area contributed by atoms with E-state index < -0.39 is 11.9 Å². The van der Waals surface area contributed by atoms with Gasteiger partial charge in [-0.3, -0.25) is 14.4 Å². The maximum atomic E-state index is 12.3. The molecule has 0 saturated heterocycles. The minimum absolute atomic E-state index is 0.139. The summed E-state index contributed by atoms with van der Waals surface area (Å²) >= 11 is 0. The van der Waals surface area contributed by atoms with Crippen molar-refractivity contribution in [1.82, 2.24) is 5.32 Å². The van der Waals surface area contributed by atoms with Crippen molar-refractivity contribution in [2.75, 3.05) is 10.6 Å². The number of benzene rings is 2. The maximum Gasteiger partial charge on any atom is 0.254 e. The highest BCUT2D eigenvalue weighted by Crippen LogP contribution is 2.19. The van der Waals surface area contributed by atoms with Crippen LogP contribution in [-0.4, -0.2) is 23.8 Å². The molecule has 3 rings (SSSR count). The molecule has 2 aromatic carbocycles. The molecule has 6 heteroatoms. The van der Waals surface area contributed by atoms with Gasteiger partial charge in [-0.05, 0) is 36.8 Å². The van der Waals surface area contributed by atoms with Gasteiger partial charge in [0.15, 0.2) is 0 Å². The summed E-state index contributed by atoms with van der Waals surface area (Å²) < 4.78 is 0. The Balaban J connectivity index is 1.70. The number of nitrogens with one attached hydrogen (secondary N) is 3. The van der Waals surface area contributed by atoms with Crippen molar-refractivity contribution in [3.8, 4) is 0 Å². The predicted molar refractivity (Wildman–Crippen MR) is 90.8 cm³/mol. The van der Waals surface area contributed by atoms with Crippen molar-refractivity contribution >= 4 is 29.1 Å². The smallest absolute Gasteiger partial charge is 0.254 e. The Morgan fingerprint density at radius 2 is 1.92 bits per heavy atom. The van der Waals surface area contributed by atoms with Crippen LogP contribution in [0.3, 0.4) is 0 Å². The first-order chi connectivity index (χ1) is 11.5. The van der Waals surface area contributed by atoms with Crippen molar-refractivity contribution in [2.45, 2.75) is 19.4 Å². The molecule has 1 unspecified atom stereocenters. The molecule has 122 valence electrons. The van der Waals surface area contributed by atoms with Crippen LogP contribution >= 0.6 is 0 Å². The van der Waals surface area contributed by atoms with Gasteiger partial charge in [0, 0.05) is 5.69 Å². The van der Waals surface area contributed by atoms with Crippen molar-refractivity contribution < 1.29 is 14.4 Å². The molecule has 0 aliphatic carbocycles. The second kappa shape index (κ2) is 6.54. The number of rotatable bonds is 3. The summed E-state index contributed by atoms with van der Waals surface area (Å²) in [6.07, 6.45) is -0.139. The summed E-state index contributed by atoms with van der Waals surface area (Å²) in [5.41, 5.74) is 2.50. The van der Waals surface area contributed by atoms with Crippen LogP contribution in [0.1, 0.15) is 22.3 Å². The summed E-state index contributed by atoms with van der Waals surface area (Å²) in [5, 5.41) is 8.02. The number of hydrogen-bond acceptors (Lipinski definition) is 3. The minimum Gasteiger partial charge on any atom is -0.340 e. The Morgan fingerprint density at radius 3 is 2.71 bits per heavy atom. The Labute approximate surface area is 139 Å². The quantitative estimate of drug-likeness (QED) is 0.808. The van der Waals surface area contributed by atoms with Gasteiger partial charge in [-0.25, -0.2) is 0 Å². The standard InChI is InChI=1S/C18H17N3O3/c1-11-5-4-6-12(9-11)19-16(22)10-15-18(24)20-14-8-3-2-7-13(14)17(23)21-15/h2-9,15H,10H2,1H3,(H,19,22)(H,20,24)(H,21,23). The van der Waals surface area contributed by atoms with Gasteiger partial charge in [-0.1, -0.05) is 24.3 Å². The number of carbonyl (C=O) groups excluding carboxylic acids is 3. The van der Waals surface area contributed by atoms with E-state index >= 15 is 0 Å². The van der Waals surface area contributed by atoms with Crippen LogP contribution in [0, 0.1) is 6.92 Å². The number of hydrogen-bond donors (Lipinski definition) is 3. The first kappa shape index (κ1) is 15.7. The van der Waals surface area contributed by atoms with Crippen LogP contribution in [0.2, 0.25) is 0 Å². The summed E-state index contributed by atoms with van der Waals surface area (Å²) in [7, 11) is 0. The van der Waals surface area contributed by atoms with Gasteiger partial charge in [0.05, 0.1) is 17.7 Å². The number of aryl methyl sites for hydroxylation is 1. The highest BCUT2D eigenvalue weighted by atomic mass is 16.2. The van der Waals surface area contributed by atoms with Gasteiger partial charge in [-0.15, -0.1) is 0 Å². The Bertz CT molecular complexity index is 817. The molecule has 2 aromatic rings. The second-order valence-electron chi connectivity index (χ2n) is 5.68. The van der Waals surface area contributed by atoms with Gasteiger partial charge >= 0.3 is 0 Å². The average Bonchev–Trinajstić information content (AvgIpc) is 2.65. The largest absolute Gasteiger partial charge is 0.340 e. The van der Waals surface area contributed by atoms with Crippen LogP contribution in [0.15, 0.2) is 48.5 Å². The van der Waals surface area contributed by atoms with Gasteiger partial charge in [0.25, 0.3) is 5.91 Å². The Morgan fingerprint density at radius 1 is 1.12 bits per heavy atom. The molecule has 0 saturated carbocycles. The molecule has 6 nitrogen and oxygen atoms in total. The minimum atomic E-state index is -0.922. The van der Waals surface area contributed by atoms with E-state index in [1.807, 2.05) is 25.1 Å². The van der Waals surface area contributed by atoms with Gasteiger partial charge in [-0.2, -0.15) is 0 Å². The van der Waals surface area contributed by atoms with Crippen LogP contribution in [0.4, 0.5) is 11.4 Å². The molecule has 1 heterocycles. The fraction of sp³-hybridized carbons (Fsp3) is 0.167. The zero-order valence-electron chi connectivity index (χ0n) is 13.1. The number of amides is 3. The van der Waals surface area contributed by atoms with Crippen LogP contribution in [0.25, 0.3) is 0 Å². The van der Waals surface area contributed by atoms with Gasteiger partial charge in [0.2, 0.25) is 11.8 Å². The van der Waals surface area contributed by atoms with Gasteiger partial charge < -0.3 is 16.0 Å². The van der Waals surface area contributed by atoms with E-state index in [4.69, 9.17) is 0 Å².